The first-order valence-electron chi connectivity index (χ1n) is 8.16. The highest BCUT2D eigenvalue weighted by Gasteiger charge is 2.34. The van der Waals surface area contributed by atoms with Gasteiger partial charge in [-0.25, -0.2) is 0 Å². The first-order chi connectivity index (χ1) is 11.3. The van der Waals surface area contributed by atoms with Gasteiger partial charge in [-0.05, 0) is 44.0 Å². The third kappa shape index (κ3) is 3.73. The first kappa shape index (κ1) is 16.8. The van der Waals surface area contributed by atoms with Gasteiger partial charge in [-0.3, -0.25) is 4.79 Å². The summed E-state index contributed by atoms with van der Waals surface area (Å²) in [4.78, 5) is 12.5. The third-order valence-electron chi connectivity index (χ3n) is 4.27. The Hall–Kier alpha value is -2.00. The highest BCUT2D eigenvalue weighted by Crippen LogP contribution is 2.39. The van der Waals surface area contributed by atoms with Crippen LogP contribution in [0.5, 0.6) is 5.75 Å². The second-order valence-electron chi connectivity index (χ2n) is 7.00. The molecule has 1 N–H and O–H groups in total. The quantitative estimate of drug-likeness (QED) is 0.883. The van der Waals surface area contributed by atoms with Crippen molar-refractivity contribution in [3.05, 3.63) is 64.2 Å². The third-order valence-corrected chi connectivity index (χ3v) is 4.64. The normalized spacial score (nSPS) is 18.4. The molecule has 24 heavy (non-hydrogen) atoms. The molecule has 3 nitrogen and oxygen atoms in total. The van der Waals surface area contributed by atoms with E-state index < -0.39 is 0 Å². The van der Waals surface area contributed by atoms with Gasteiger partial charge in [0.25, 0.3) is 0 Å². The van der Waals surface area contributed by atoms with E-state index in [0.717, 1.165) is 28.9 Å². The molecule has 1 heterocycles. The summed E-state index contributed by atoms with van der Waals surface area (Å²) < 4.78 is 6.08. The van der Waals surface area contributed by atoms with Crippen molar-refractivity contribution in [2.24, 2.45) is 0 Å². The summed E-state index contributed by atoms with van der Waals surface area (Å²) in [7, 11) is 0. The van der Waals surface area contributed by atoms with Gasteiger partial charge in [0.05, 0.1) is 12.5 Å². The molecule has 126 valence electrons. The van der Waals surface area contributed by atoms with Gasteiger partial charge in [0.1, 0.15) is 11.4 Å². The summed E-state index contributed by atoms with van der Waals surface area (Å²) in [6.07, 6.45) is 1.01. The highest BCUT2D eigenvalue weighted by molar-refractivity contribution is 6.31. The molecule has 0 spiro atoms. The lowest BCUT2D eigenvalue weighted by atomic mass is 9.89. The predicted molar refractivity (Wildman–Crippen MR) is 96.5 cm³/mol. The number of aryl methyl sites for hydroxylation is 1. The number of hydrogen-bond donors (Lipinski definition) is 1. The fourth-order valence-corrected chi connectivity index (χ4v) is 3.35. The molecule has 0 saturated heterocycles. The minimum absolute atomic E-state index is 0.0303. The number of amides is 1. The number of ether oxygens (including phenoxy) is 1. The van der Waals surface area contributed by atoms with Crippen LogP contribution in [-0.2, 0) is 11.2 Å². The van der Waals surface area contributed by atoms with Crippen molar-refractivity contribution in [1.29, 1.82) is 0 Å². The van der Waals surface area contributed by atoms with E-state index in [1.807, 2.05) is 57.2 Å². The minimum Gasteiger partial charge on any atom is -0.487 e. The molecule has 0 aliphatic carbocycles. The Morgan fingerprint density at radius 2 is 2.04 bits per heavy atom. The number of hydrogen-bond acceptors (Lipinski definition) is 2. The van der Waals surface area contributed by atoms with Crippen molar-refractivity contribution < 1.29 is 9.53 Å². The summed E-state index contributed by atoms with van der Waals surface area (Å²) >= 11 is 6.15. The number of nitrogens with one attached hydrogen (secondary N) is 1. The standard InChI is InChI=1S/C20H22ClNO2/c1-13-8-9-15-17(12-20(2,3)24-18(15)10-13)22-19(23)11-14-6-4-5-7-16(14)21/h4-10,17H,11-12H2,1-3H3,(H,22,23). The van der Waals surface area contributed by atoms with Gasteiger partial charge >= 0.3 is 0 Å². The molecule has 0 aromatic heterocycles. The SMILES string of the molecule is Cc1ccc2c(c1)OC(C)(C)CC2NC(=O)Cc1ccccc1Cl. The van der Waals surface area contributed by atoms with Gasteiger partial charge in [-0.1, -0.05) is 41.9 Å². The highest BCUT2D eigenvalue weighted by atomic mass is 35.5. The zero-order chi connectivity index (χ0) is 17.3. The molecule has 1 atom stereocenters. The summed E-state index contributed by atoms with van der Waals surface area (Å²) in [6.45, 7) is 6.13. The van der Waals surface area contributed by atoms with E-state index in [4.69, 9.17) is 16.3 Å². The lowest BCUT2D eigenvalue weighted by molar-refractivity contribution is -0.121. The smallest absolute Gasteiger partial charge is 0.224 e. The van der Waals surface area contributed by atoms with Crippen LogP contribution in [0.3, 0.4) is 0 Å². The Morgan fingerprint density at radius 1 is 1.29 bits per heavy atom. The van der Waals surface area contributed by atoms with Crippen LogP contribution in [0.1, 0.15) is 43.0 Å². The molecular weight excluding hydrogens is 322 g/mol. The Bertz CT molecular complexity index is 770. The van der Waals surface area contributed by atoms with Crippen LogP contribution in [0, 0.1) is 6.92 Å². The molecule has 1 unspecified atom stereocenters. The monoisotopic (exact) mass is 343 g/mol. The zero-order valence-electron chi connectivity index (χ0n) is 14.2. The molecule has 0 fully saturated rings. The Morgan fingerprint density at radius 3 is 2.79 bits per heavy atom. The van der Waals surface area contributed by atoms with Crippen LogP contribution in [0.15, 0.2) is 42.5 Å². The first-order valence-corrected chi connectivity index (χ1v) is 8.54. The van der Waals surface area contributed by atoms with Gasteiger partial charge in [-0.2, -0.15) is 0 Å². The van der Waals surface area contributed by atoms with Crippen molar-refractivity contribution in [2.45, 2.75) is 45.3 Å². The summed E-state index contributed by atoms with van der Waals surface area (Å²) in [5, 5.41) is 3.77. The summed E-state index contributed by atoms with van der Waals surface area (Å²) in [5.74, 6) is 0.826. The van der Waals surface area contributed by atoms with Crippen LogP contribution >= 0.6 is 11.6 Å². The van der Waals surface area contributed by atoms with E-state index in [-0.39, 0.29) is 24.0 Å². The fraction of sp³-hybridized carbons (Fsp3) is 0.350. The van der Waals surface area contributed by atoms with Crippen molar-refractivity contribution in [1.82, 2.24) is 5.32 Å². The predicted octanol–water partition coefficient (Wildman–Crippen LogP) is 4.61. The topological polar surface area (TPSA) is 38.3 Å². The molecule has 0 radical (unpaired) electrons. The average Bonchev–Trinajstić information content (AvgIpc) is 2.48. The minimum atomic E-state index is -0.316. The van der Waals surface area contributed by atoms with Crippen LogP contribution in [0.4, 0.5) is 0 Å². The Balaban J connectivity index is 1.79. The maximum Gasteiger partial charge on any atom is 0.224 e. The van der Waals surface area contributed by atoms with Crippen molar-refractivity contribution in [3.8, 4) is 5.75 Å². The number of carbonyl (C=O) groups excluding carboxylic acids is 1. The van der Waals surface area contributed by atoms with Crippen molar-refractivity contribution >= 4 is 17.5 Å². The number of benzene rings is 2. The molecule has 0 saturated carbocycles. The van der Waals surface area contributed by atoms with E-state index in [2.05, 4.69) is 5.32 Å². The Labute approximate surface area is 148 Å². The van der Waals surface area contributed by atoms with E-state index in [9.17, 15) is 4.79 Å². The van der Waals surface area contributed by atoms with E-state index in [1.54, 1.807) is 6.07 Å². The number of rotatable bonds is 3. The maximum absolute atomic E-state index is 12.5. The zero-order valence-corrected chi connectivity index (χ0v) is 15.0. The molecule has 2 aromatic rings. The van der Waals surface area contributed by atoms with Crippen molar-refractivity contribution in [3.63, 3.8) is 0 Å². The van der Waals surface area contributed by atoms with Crippen LogP contribution in [0.2, 0.25) is 5.02 Å². The van der Waals surface area contributed by atoms with Gasteiger partial charge in [-0.15, -0.1) is 0 Å². The van der Waals surface area contributed by atoms with Gasteiger partial charge in [0, 0.05) is 17.0 Å². The van der Waals surface area contributed by atoms with Crippen molar-refractivity contribution in [2.75, 3.05) is 0 Å². The molecule has 1 aliphatic rings. The number of halogens is 1. The summed E-state index contributed by atoms with van der Waals surface area (Å²) in [5.41, 5.74) is 2.70. The fourth-order valence-electron chi connectivity index (χ4n) is 3.15. The van der Waals surface area contributed by atoms with Gasteiger partial charge < -0.3 is 10.1 Å². The van der Waals surface area contributed by atoms with E-state index in [1.165, 1.54) is 0 Å². The molecule has 3 rings (SSSR count). The van der Waals surface area contributed by atoms with E-state index in [0.29, 0.717) is 5.02 Å². The second kappa shape index (κ2) is 6.48. The lowest BCUT2D eigenvalue weighted by Gasteiger charge is -2.38. The molecule has 0 bridgehead atoms. The van der Waals surface area contributed by atoms with Crippen LogP contribution in [0.25, 0.3) is 0 Å². The second-order valence-corrected chi connectivity index (χ2v) is 7.40. The molecule has 1 amide bonds. The largest absolute Gasteiger partial charge is 0.487 e. The van der Waals surface area contributed by atoms with Gasteiger partial charge in [0.15, 0.2) is 0 Å². The van der Waals surface area contributed by atoms with Crippen LogP contribution < -0.4 is 10.1 Å². The van der Waals surface area contributed by atoms with Crippen LogP contribution in [-0.4, -0.2) is 11.5 Å². The average molecular weight is 344 g/mol. The maximum atomic E-state index is 12.5. The number of carbonyl (C=O) groups is 1. The van der Waals surface area contributed by atoms with Gasteiger partial charge in [0.2, 0.25) is 5.91 Å². The van der Waals surface area contributed by atoms with E-state index >= 15 is 0 Å². The molecular formula is C20H22ClNO2. The summed E-state index contributed by atoms with van der Waals surface area (Å²) in [6, 6.07) is 13.5. The number of fused-ring (bicyclic) bond motifs is 1. The molecule has 1 aliphatic heterocycles. The lowest BCUT2D eigenvalue weighted by Crippen LogP contribution is -2.41. The molecule has 2 aromatic carbocycles. The Kier molecular flexibility index (Phi) is 4.55. The molecule has 4 heteroatoms.